The zero-order valence-electron chi connectivity index (χ0n) is 23.6. The van der Waals surface area contributed by atoms with E-state index < -0.39 is 29.4 Å². The zero-order valence-corrected chi connectivity index (χ0v) is 23.6. The maximum Gasteiger partial charge on any atom is 0.325 e. The van der Waals surface area contributed by atoms with E-state index in [-0.39, 0.29) is 30.0 Å². The molecule has 4 aromatic rings. The number of imide groups is 1. The van der Waals surface area contributed by atoms with Crippen LogP contribution in [0.25, 0.3) is 21.8 Å². The summed E-state index contributed by atoms with van der Waals surface area (Å²) in [5.74, 6) is -3.59. The van der Waals surface area contributed by atoms with E-state index in [9.17, 15) is 24.6 Å². The quantitative estimate of drug-likeness (QED) is 0.278. The highest BCUT2D eigenvalue weighted by Gasteiger charge is 2.69. The number of aryl methyl sites for hydroxylation is 1. The molecule has 8 heteroatoms. The number of aromatic nitrogens is 1. The standard InChI is InChI=1S/C34H35N3O5/c1-2-36-26-11-7-6-10-24(26)25-18-21(14-17-27(25)36)30-28-29(32(40)37(31(28)39)22-8-4-3-5-9-22)34(35-30,33(41)42)19-20-12-15-23(38)16-13-20/h6-7,10-18,22,28-30,35,38H,2-5,8-9,19H2,1H3,(H,41,42). The third kappa shape index (κ3) is 3.88. The Labute approximate surface area is 243 Å². The Balaban J connectivity index is 1.38. The number of aromatic hydroxyl groups is 1. The number of phenolic OH excluding ortho intramolecular Hbond substituents is 1. The highest BCUT2D eigenvalue weighted by atomic mass is 16.4. The number of fused-ring (bicyclic) bond motifs is 4. The molecule has 1 aliphatic carbocycles. The van der Waals surface area contributed by atoms with E-state index in [2.05, 4.69) is 35.0 Å². The first-order valence-electron chi connectivity index (χ1n) is 15.0. The highest BCUT2D eigenvalue weighted by molar-refractivity contribution is 6.11. The van der Waals surface area contributed by atoms with Crippen molar-refractivity contribution in [2.75, 3.05) is 0 Å². The van der Waals surface area contributed by atoms with Crippen LogP contribution in [0.5, 0.6) is 5.75 Å². The number of rotatable bonds is 6. The Hall–Kier alpha value is -4.17. The normalized spacial score (nSPS) is 26.4. The number of nitrogens with zero attached hydrogens (tertiary/aromatic N) is 2. The molecule has 3 aromatic carbocycles. The number of hydrogen-bond donors (Lipinski definition) is 3. The fourth-order valence-corrected chi connectivity index (χ4v) is 7.99. The summed E-state index contributed by atoms with van der Waals surface area (Å²) in [5, 5.41) is 26.2. The van der Waals surface area contributed by atoms with Gasteiger partial charge >= 0.3 is 5.97 Å². The third-order valence-electron chi connectivity index (χ3n) is 9.90. The van der Waals surface area contributed by atoms with E-state index in [4.69, 9.17) is 0 Å². The SMILES string of the molecule is CCn1c2ccccc2c2cc(C3NC(Cc4ccc(O)cc4)(C(=O)O)C4C(=O)N(C5CCCCC5)C(=O)C34)ccc21. The molecule has 42 heavy (non-hydrogen) atoms. The van der Waals surface area contributed by atoms with Crippen LogP contribution in [-0.2, 0) is 27.3 Å². The number of carboxylic acids is 1. The van der Waals surface area contributed by atoms with Gasteiger partial charge in [0.1, 0.15) is 11.3 Å². The molecule has 7 rings (SSSR count). The molecule has 2 aliphatic heterocycles. The molecule has 1 aromatic heterocycles. The van der Waals surface area contributed by atoms with E-state index in [1.807, 2.05) is 24.3 Å². The first-order valence-corrected chi connectivity index (χ1v) is 15.0. The second kappa shape index (κ2) is 9.98. The topological polar surface area (TPSA) is 112 Å². The second-order valence-corrected chi connectivity index (χ2v) is 12.1. The van der Waals surface area contributed by atoms with Crippen LogP contribution in [0, 0.1) is 11.8 Å². The molecule has 0 radical (unpaired) electrons. The van der Waals surface area contributed by atoms with Gasteiger partial charge in [-0.05, 0) is 61.2 Å². The van der Waals surface area contributed by atoms with Crippen molar-refractivity contribution < 1.29 is 24.6 Å². The predicted molar refractivity (Wildman–Crippen MR) is 159 cm³/mol. The van der Waals surface area contributed by atoms with Crippen LogP contribution < -0.4 is 5.32 Å². The number of hydrogen-bond acceptors (Lipinski definition) is 5. The van der Waals surface area contributed by atoms with Gasteiger partial charge in [0.25, 0.3) is 0 Å². The molecule has 8 nitrogen and oxygen atoms in total. The smallest absolute Gasteiger partial charge is 0.325 e. The van der Waals surface area contributed by atoms with Gasteiger partial charge in [0.15, 0.2) is 0 Å². The second-order valence-electron chi connectivity index (χ2n) is 12.1. The molecule has 3 fully saturated rings. The fourth-order valence-electron chi connectivity index (χ4n) is 7.99. The molecular formula is C34H35N3O5. The van der Waals surface area contributed by atoms with E-state index >= 15 is 0 Å². The average Bonchev–Trinajstić information content (AvgIpc) is 3.61. The summed E-state index contributed by atoms with van der Waals surface area (Å²) < 4.78 is 2.25. The van der Waals surface area contributed by atoms with Crippen molar-refractivity contribution in [2.24, 2.45) is 11.8 Å². The first-order chi connectivity index (χ1) is 20.3. The summed E-state index contributed by atoms with van der Waals surface area (Å²) in [7, 11) is 0. The lowest BCUT2D eigenvalue weighted by atomic mass is 9.76. The molecule has 2 amide bonds. The first kappa shape index (κ1) is 26.7. The van der Waals surface area contributed by atoms with Crippen LogP contribution in [0.2, 0.25) is 0 Å². The average molecular weight is 566 g/mol. The highest BCUT2D eigenvalue weighted by Crippen LogP contribution is 2.51. The van der Waals surface area contributed by atoms with Gasteiger partial charge in [0, 0.05) is 46.9 Å². The van der Waals surface area contributed by atoms with Crippen molar-refractivity contribution in [1.82, 2.24) is 14.8 Å². The van der Waals surface area contributed by atoms with Gasteiger partial charge in [-0.2, -0.15) is 0 Å². The lowest BCUT2D eigenvalue weighted by Gasteiger charge is -2.34. The molecule has 4 atom stereocenters. The van der Waals surface area contributed by atoms with E-state index in [1.165, 1.54) is 17.0 Å². The van der Waals surface area contributed by atoms with Crippen LogP contribution in [0.1, 0.15) is 56.2 Å². The summed E-state index contributed by atoms with van der Waals surface area (Å²) >= 11 is 0. The number of nitrogens with one attached hydrogen (secondary N) is 1. The van der Waals surface area contributed by atoms with Crippen LogP contribution in [0.4, 0.5) is 0 Å². The lowest BCUT2D eigenvalue weighted by Crippen LogP contribution is -2.58. The van der Waals surface area contributed by atoms with Crippen molar-refractivity contribution in [3.8, 4) is 5.75 Å². The number of phenols is 1. The molecule has 2 saturated heterocycles. The van der Waals surface area contributed by atoms with Gasteiger partial charge < -0.3 is 14.8 Å². The minimum Gasteiger partial charge on any atom is -0.508 e. The van der Waals surface area contributed by atoms with Gasteiger partial charge in [0.05, 0.1) is 11.8 Å². The Kier molecular flexibility index (Phi) is 6.35. The van der Waals surface area contributed by atoms with Crippen LogP contribution in [0.15, 0.2) is 66.7 Å². The van der Waals surface area contributed by atoms with E-state index in [0.717, 1.165) is 66.0 Å². The number of likely N-dealkylation sites (tertiary alicyclic amines) is 1. The zero-order chi connectivity index (χ0) is 29.2. The molecule has 4 unspecified atom stereocenters. The van der Waals surface area contributed by atoms with E-state index in [0.29, 0.717) is 5.56 Å². The summed E-state index contributed by atoms with van der Waals surface area (Å²) in [6, 6.07) is 19.8. The number of para-hydroxylation sites is 1. The van der Waals surface area contributed by atoms with Crippen LogP contribution in [0.3, 0.4) is 0 Å². The van der Waals surface area contributed by atoms with E-state index in [1.54, 1.807) is 12.1 Å². The minimum absolute atomic E-state index is 0.00912. The largest absolute Gasteiger partial charge is 0.508 e. The maximum absolute atomic E-state index is 14.2. The molecule has 0 spiro atoms. The molecular weight excluding hydrogens is 530 g/mol. The minimum atomic E-state index is -1.69. The van der Waals surface area contributed by atoms with Crippen molar-refractivity contribution in [3.05, 3.63) is 77.9 Å². The van der Waals surface area contributed by atoms with Crippen molar-refractivity contribution in [1.29, 1.82) is 0 Å². The van der Waals surface area contributed by atoms with Crippen LogP contribution in [-0.4, -0.2) is 49.0 Å². The Bertz CT molecular complexity index is 1720. The van der Waals surface area contributed by atoms with Crippen LogP contribution >= 0.6 is 0 Å². The van der Waals surface area contributed by atoms with Crippen molar-refractivity contribution >= 4 is 39.6 Å². The van der Waals surface area contributed by atoms with Gasteiger partial charge in [0.2, 0.25) is 11.8 Å². The van der Waals surface area contributed by atoms with Crippen molar-refractivity contribution in [2.45, 2.75) is 69.6 Å². The molecule has 3 aliphatic rings. The number of benzene rings is 3. The number of carbonyl (C=O) groups is 3. The Morgan fingerprint density at radius 1 is 0.929 bits per heavy atom. The number of amides is 2. The summed E-state index contributed by atoms with van der Waals surface area (Å²) in [4.78, 5) is 43.2. The number of aliphatic carboxylic acids is 1. The Morgan fingerprint density at radius 2 is 1.64 bits per heavy atom. The molecule has 3 N–H and O–H groups in total. The fraction of sp³-hybridized carbons (Fsp3) is 0.382. The molecule has 1 saturated carbocycles. The monoisotopic (exact) mass is 565 g/mol. The summed E-state index contributed by atoms with van der Waals surface area (Å²) in [6.45, 7) is 2.91. The third-order valence-corrected chi connectivity index (χ3v) is 9.90. The van der Waals surface area contributed by atoms with Gasteiger partial charge in [-0.1, -0.05) is 55.7 Å². The van der Waals surface area contributed by atoms with Gasteiger partial charge in [-0.25, -0.2) is 0 Å². The molecule has 0 bridgehead atoms. The molecule has 3 heterocycles. The van der Waals surface area contributed by atoms with Gasteiger partial charge in [-0.15, -0.1) is 0 Å². The Morgan fingerprint density at radius 3 is 2.36 bits per heavy atom. The molecule has 216 valence electrons. The summed E-state index contributed by atoms with van der Waals surface area (Å²) in [6.07, 6.45) is 4.51. The predicted octanol–water partition coefficient (Wildman–Crippen LogP) is 5.16. The lowest BCUT2D eigenvalue weighted by molar-refractivity contribution is -0.152. The maximum atomic E-state index is 14.2. The summed E-state index contributed by atoms with van der Waals surface area (Å²) in [5.41, 5.74) is 1.97. The number of carbonyl (C=O) groups excluding carboxylic acids is 2. The number of carboxylic acid groups (broad SMARTS) is 1. The van der Waals surface area contributed by atoms with Crippen molar-refractivity contribution in [3.63, 3.8) is 0 Å². The van der Waals surface area contributed by atoms with Gasteiger partial charge in [-0.3, -0.25) is 24.6 Å².